The largest absolute Gasteiger partial charge is 0.497 e. The van der Waals surface area contributed by atoms with Gasteiger partial charge in [-0.2, -0.15) is 0 Å². The molecule has 3 nitrogen and oxygen atoms in total. The van der Waals surface area contributed by atoms with E-state index in [1.54, 1.807) is 7.11 Å². The zero-order valence-corrected chi connectivity index (χ0v) is 12.2. The quantitative estimate of drug-likeness (QED) is 0.885. The molecule has 1 aromatic carbocycles. The molecule has 1 unspecified atom stereocenters. The van der Waals surface area contributed by atoms with Crippen LogP contribution in [0.3, 0.4) is 0 Å². The summed E-state index contributed by atoms with van der Waals surface area (Å²) in [5, 5.41) is 3.65. The van der Waals surface area contributed by atoms with Crippen LogP contribution in [0.1, 0.15) is 38.3 Å². The lowest BCUT2D eigenvalue weighted by atomic mass is 9.82. The molecule has 0 saturated carbocycles. The van der Waals surface area contributed by atoms with E-state index in [1.165, 1.54) is 5.56 Å². The minimum atomic E-state index is 0.366. The predicted molar refractivity (Wildman–Crippen MR) is 77.6 cm³/mol. The van der Waals surface area contributed by atoms with Crippen LogP contribution in [0.25, 0.3) is 0 Å². The van der Waals surface area contributed by atoms with E-state index in [0.29, 0.717) is 11.5 Å². The van der Waals surface area contributed by atoms with Crippen LogP contribution in [0.15, 0.2) is 24.3 Å². The molecule has 2 rings (SSSR count). The normalized spacial score (nSPS) is 19.9. The van der Waals surface area contributed by atoms with Gasteiger partial charge in [0.1, 0.15) is 5.75 Å². The molecule has 0 radical (unpaired) electrons. The van der Waals surface area contributed by atoms with Crippen molar-refractivity contribution in [1.29, 1.82) is 0 Å². The average molecular weight is 263 g/mol. The van der Waals surface area contributed by atoms with Gasteiger partial charge in [0.25, 0.3) is 0 Å². The van der Waals surface area contributed by atoms with E-state index in [-0.39, 0.29) is 0 Å². The first-order valence-corrected chi connectivity index (χ1v) is 7.08. The van der Waals surface area contributed by atoms with Crippen molar-refractivity contribution in [2.75, 3.05) is 26.9 Å². The molecule has 19 heavy (non-hydrogen) atoms. The number of nitrogens with one attached hydrogen (secondary N) is 1. The summed E-state index contributed by atoms with van der Waals surface area (Å²) in [5.41, 5.74) is 1.68. The van der Waals surface area contributed by atoms with E-state index < -0.39 is 0 Å². The van der Waals surface area contributed by atoms with Gasteiger partial charge in [0.2, 0.25) is 0 Å². The second-order valence-electron chi connectivity index (χ2n) is 5.80. The third kappa shape index (κ3) is 3.95. The number of rotatable bonds is 5. The Bertz CT molecular complexity index is 382. The molecule has 106 valence electrons. The second kappa shape index (κ2) is 6.40. The van der Waals surface area contributed by atoms with Gasteiger partial charge < -0.3 is 14.8 Å². The Morgan fingerprint density at radius 1 is 1.26 bits per heavy atom. The third-order valence-corrected chi connectivity index (χ3v) is 4.15. The van der Waals surface area contributed by atoms with E-state index >= 15 is 0 Å². The molecule has 3 heteroatoms. The number of hydrogen-bond acceptors (Lipinski definition) is 3. The highest BCUT2D eigenvalue weighted by Gasteiger charge is 2.27. The Morgan fingerprint density at radius 2 is 1.89 bits per heavy atom. The first-order valence-electron chi connectivity index (χ1n) is 7.08. The van der Waals surface area contributed by atoms with E-state index in [9.17, 15) is 0 Å². The smallest absolute Gasteiger partial charge is 0.118 e. The van der Waals surface area contributed by atoms with Crippen molar-refractivity contribution in [2.24, 2.45) is 5.41 Å². The van der Waals surface area contributed by atoms with Crippen LogP contribution < -0.4 is 10.1 Å². The Labute approximate surface area is 116 Å². The number of ether oxygens (including phenoxy) is 2. The lowest BCUT2D eigenvalue weighted by Crippen LogP contribution is -2.37. The summed E-state index contributed by atoms with van der Waals surface area (Å²) in [5.74, 6) is 0.910. The van der Waals surface area contributed by atoms with E-state index in [4.69, 9.17) is 9.47 Å². The van der Waals surface area contributed by atoms with Gasteiger partial charge in [0.05, 0.1) is 7.11 Å². The van der Waals surface area contributed by atoms with Crippen LogP contribution in [0, 0.1) is 5.41 Å². The summed E-state index contributed by atoms with van der Waals surface area (Å²) in [6.07, 6.45) is 2.30. The first-order chi connectivity index (χ1) is 9.13. The van der Waals surface area contributed by atoms with Gasteiger partial charge in [0, 0.05) is 25.8 Å². The molecular formula is C16H25NO2. The van der Waals surface area contributed by atoms with Gasteiger partial charge in [-0.15, -0.1) is 0 Å². The van der Waals surface area contributed by atoms with Crippen LogP contribution in [0.2, 0.25) is 0 Å². The zero-order chi connectivity index (χ0) is 13.7. The third-order valence-electron chi connectivity index (χ3n) is 4.15. The molecule has 1 N–H and O–H groups in total. The fourth-order valence-corrected chi connectivity index (χ4v) is 2.45. The van der Waals surface area contributed by atoms with Gasteiger partial charge >= 0.3 is 0 Å². The van der Waals surface area contributed by atoms with Crippen LogP contribution in [0.4, 0.5) is 0 Å². The maximum absolute atomic E-state index is 5.44. The van der Waals surface area contributed by atoms with Gasteiger partial charge in [-0.05, 0) is 42.9 Å². The molecule has 0 amide bonds. The van der Waals surface area contributed by atoms with Crippen molar-refractivity contribution in [2.45, 2.75) is 32.7 Å². The van der Waals surface area contributed by atoms with Gasteiger partial charge in [-0.3, -0.25) is 0 Å². The molecule has 1 saturated heterocycles. The molecule has 1 aromatic rings. The number of hydrogen-bond donors (Lipinski definition) is 1. The molecule has 0 spiro atoms. The number of methoxy groups -OCH3 is 1. The fourth-order valence-electron chi connectivity index (χ4n) is 2.45. The highest BCUT2D eigenvalue weighted by molar-refractivity contribution is 5.28. The van der Waals surface area contributed by atoms with Crippen molar-refractivity contribution >= 4 is 0 Å². The maximum atomic E-state index is 5.44. The van der Waals surface area contributed by atoms with Crippen molar-refractivity contribution in [1.82, 2.24) is 5.32 Å². The predicted octanol–water partition coefficient (Wildman–Crippen LogP) is 3.16. The van der Waals surface area contributed by atoms with E-state index in [1.807, 2.05) is 12.1 Å². The van der Waals surface area contributed by atoms with Crippen LogP contribution >= 0.6 is 0 Å². The van der Waals surface area contributed by atoms with Crippen molar-refractivity contribution in [3.05, 3.63) is 29.8 Å². The summed E-state index contributed by atoms with van der Waals surface area (Å²) in [4.78, 5) is 0. The summed E-state index contributed by atoms with van der Waals surface area (Å²) in [7, 11) is 1.70. The topological polar surface area (TPSA) is 30.5 Å². The van der Waals surface area contributed by atoms with Crippen LogP contribution in [-0.4, -0.2) is 26.9 Å². The lowest BCUT2D eigenvalue weighted by Gasteiger charge is -2.34. The SMILES string of the molecule is COc1ccc(C(C)NCC2(C)CCOCC2)cc1. The van der Waals surface area contributed by atoms with Crippen molar-refractivity contribution < 1.29 is 9.47 Å². The van der Waals surface area contributed by atoms with Crippen LogP contribution in [-0.2, 0) is 4.74 Å². The summed E-state index contributed by atoms with van der Waals surface area (Å²) in [6, 6.07) is 8.66. The van der Waals surface area contributed by atoms with Crippen molar-refractivity contribution in [3.8, 4) is 5.75 Å². The molecule has 1 aliphatic rings. The van der Waals surface area contributed by atoms with Crippen LogP contribution in [0.5, 0.6) is 5.75 Å². The first kappa shape index (κ1) is 14.4. The second-order valence-corrected chi connectivity index (χ2v) is 5.80. The lowest BCUT2D eigenvalue weighted by molar-refractivity contribution is 0.0231. The summed E-state index contributed by atoms with van der Waals surface area (Å²) >= 11 is 0. The highest BCUT2D eigenvalue weighted by atomic mass is 16.5. The Hall–Kier alpha value is -1.06. The molecule has 0 aromatic heterocycles. The van der Waals surface area contributed by atoms with Gasteiger partial charge in [-0.1, -0.05) is 19.1 Å². The van der Waals surface area contributed by atoms with E-state index in [0.717, 1.165) is 38.3 Å². The maximum Gasteiger partial charge on any atom is 0.118 e. The molecule has 0 aliphatic carbocycles. The highest BCUT2D eigenvalue weighted by Crippen LogP contribution is 2.29. The monoisotopic (exact) mass is 263 g/mol. The summed E-state index contributed by atoms with van der Waals surface area (Å²) < 4.78 is 10.6. The Balaban J connectivity index is 1.87. The fraction of sp³-hybridized carbons (Fsp3) is 0.625. The molecule has 1 aliphatic heterocycles. The minimum absolute atomic E-state index is 0.366. The van der Waals surface area contributed by atoms with Crippen molar-refractivity contribution in [3.63, 3.8) is 0 Å². The number of benzene rings is 1. The average Bonchev–Trinajstić information content (AvgIpc) is 2.46. The molecule has 1 heterocycles. The Kier molecular flexibility index (Phi) is 4.83. The molecule has 0 bridgehead atoms. The van der Waals surface area contributed by atoms with Gasteiger partial charge in [0.15, 0.2) is 0 Å². The molecule has 1 fully saturated rings. The molecule has 1 atom stereocenters. The van der Waals surface area contributed by atoms with E-state index in [2.05, 4.69) is 31.3 Å². The summed E-state index contributed by atoms with van der Waals surface area (Å²) in [6.45, 7) is 7.40. The Morgan fingerprint density at radius 3 is 2.47 bits per heavy atom. The standard InChI is InChI=1S/C16H25NO2/c1-13(14-4-6-15(18-3)7-5-14)17-12-16(2)8-10-19-11-9-16/h4-7,13,17H,8-12H2,1-3H3. The van der Waals surface area contributed by atoms with Gasteiger partial charge in [-0.25, -0.2) is 0 Å². The molecular weight excluding hydrogens is 238 g/mol. The minimum Gasteiger partial charge on any atom is -0.497 e. The zero-order valence-electron chi connectivity index (χ0n) is 12.2.